The van der Waals surface area contributed by atoms with E-state index >= 15 is 0 Å². The van der Waals surface area contributed by atoms with Gasteiger partial charge in [-0.05, 0) is 124 Å². The van der Waals surface area contributed by atoms with E-state index in [9.17, 15) is 61.3 Å². The van der Waals surface area contributed by atoms with Crippen LogP contribution in [0.1, 0.15) is 107 Å². The van der Waals surface area contributed by atoms with Gasteiger partial charge >= 0.3 is 0 Å². The first-order chi connectivity index (χ1) is 30.9. The molecule has 66 heavy (non-hydrogen) atoms. The summed E-state index contributed by atoms with van der Waals surface area (Å²) in [4.78, 5) is 0. The molecule has 0 radical (unpaired) electrons. The summed E-state index contributed by atoms with van der Waals surface area (Å²) in [6.45, 7) is 15.2. The van der Waals surface area contributed by atoms with Crippen molar-refractivity contribution in [3.63, 3.8) is 0 Å². The highest BCUT2D eigenvalue weighted by atomic mass is 16.8. The molecule has 4 saturated carbocycles. The molecule has 18 heteroatoms. The Hall–Kier alpha value is -0.980. The molecule has 6 unspecified atom stereocenters. The van der Waals surface area contributed by atoms with E-state index in [0.717, 1.165) is 37.7 Å². The molecule has 0 bridgehead atoms. The van der Waals surface area contributed by atoms with Crippen molar-refractivity contribution < 1.29 is 89.7 Å². The fraction of sp³-hybridized carbons (Fsp3) is 0.958. The molecule has 7 rings (SSSR count). The maximum Gasteiger partial charge on any atom is 0.187 e. The molecular formula is C48H82O18. The van der Waals surface area contributed by atoms with Gasteiger partial charge in [-0.1, -0.05) is 46.3 Å². The molecule has 0 aromatic carbocycles. The Morgan fingerprint density at radius 2 is 1.17 bits per heavy atom. The third-order valence-electron chi connectivity index (χ3n) is 18.1. The number of hydrogen-bond donors (Lipinski definition) is 12. The van der Waals surface area contributed by atoms with Gasteiger partial charge in [0.25, 0.3) is 0 Å². The zero-order valence-electron chi connectivity index (χ0n) is 40.0. The molecule has 0 aromatic heterocycles. The third kappa shape index (κ3) is 9.23. The van der Waals surface area contributed by atoms with Crippen LogP contribution in [0.25, 0.3) is 0 Å². The van der Waals surface area contributed by atoms with Crippen molar-refractivity contribution in [2.45, 2.75) is 217 Å². The lowest BCUT2D eigenvalue weighted by molar-refractivity contribution is -0.378. The van der Waals surface area contributed by atoms with Crippen LogP contribution in [-0.4, -0.2) is 191 Å². The van der Waals surface area contributed by atoms with Gasteiger partial charge in [0.2, 0.25) is 0 Å². The van der Waals surface area contributed by atoms with Crippen molar-refractivity contribution in [1.82, 2.24) is 0 Å². The minimum absolute atomic E-state index is 0.0515. The number of rotatable bonds is 13. The molecule has 0 spiro atoms. The highest BCUT2D eigenvalue weighted by Crippen LogP contribution is 2.71. The van der Waals surface area contributed by atoms with Crippen molar-refractivity contribution in [1.29, 1.82) is 0 Å². The number of fused-ring (bicyclic) bond motifs is 5. The van der Waals surface area contributed by atoms with Crippen molar-refractivity contribution in [3.8, 4) is 0 Å². The van der Waals surface area contributed by atoms with E-state index in [-0.39, 0.29) is 46.3 Å². The van der Waals surface area contributed by atoms with Gasteiger partial charge in [0.05, 0.1) is 37.6 Å². The SMILES string of the molecule is CC(C)=CC(C)C[C@](C)(O[C@@H]1O[C@H](CO)[C@@H](O)[C@H](O)[C@H]1O)[C@H]1CC[C@]2(C)C3CCC4C(C)(C)C(O[C@@H]5O[C@H](CO)[C@@H](O)[C@H](O)[C@H]5O[C@@H]5O[C@H](CO)[C@@H](O)[C@H](O)[C@H]5O)CC[C@]4(C)C3C[C@H](O)C12. The van der Waals surface area contributed by atoms with Crippen LogP contribution in [0.4, 0.5) is 0 Å². The van der Waals surface area contributed by atoms with Gasteiger partial charge in [-0.3, -0.25) is 0 Å². The molecule has 0 amide bonds. The molecule has 4 aliphatic carbocycles. The predicted molar refractivity (Wildman–Crippen MR) is 234 cm³/mol. The summed E-state index contributed by atoms with van der Waals surface area (Å²) in [7, 11) is 0. The highest BCUT2D eigenvalue weighted by Gasteiger charge is 2.68. The lowest BCUT2D eigenvalue weighted by atomic mass is 9.39. The second-order valence-corrected chi connectivity index (χ2v) is 22.9. The molecule has 382 valence electrons. The summed E-state index contributed by atoms with van der Waals surface area (Å²) in [5.41, 5.74) is -0.820. The molecule has 18 nitrogen and oxygen atoms in total. The lowest BCUT2D eigenvalue weighted by Gasteiger charge is -2.66. The molecule has 3 heterocycles. The summed E-state index contributed by atoms with van der Waals surface area (Å²) in [6.07, 6.45) is -15.9. The van der Waals surface area contributed by atoms with Crippen LogP contribution < -0.4 is 0 Å². The predicted octanol–water partition coefficient (Wildman–Crippen LogP) is -0.171. The van der Waals surface area contributed by atoms with Crippen molar-refractivity contribution in [2.75, 3.05) is 19.8 Å². The van der Waals surface area contributed by atoms with E-state index in [2.05, 4.69) is 40.7 Å². The zero-order chi connectivity index (χ0) is 48.6. The number of ether oxygens (including phenoxy) is 6. The molecule has 12 N–H and O–H groups in total. The fourth-order valence-corrected chi connectivity index (χ4v) is 15.0. The van der Waals surface area contributed by atoms with Gasteiger partial charge in [0.1, 0.15) is 73.2 Å². The molecule has 3 saturated heterocycles. The monoisotopic (exact) mass is 947 g/mol. The van der Waals surface area contributed by atoms with Gasteiger partial charge in [0.15, 0.2) is 18.9 Å². The topological polar surface area (TPSA) is 298 Å². The van der Waals surface area contributed by atoms with E-state index in [1.54, 1.807) is 0 Å². The Morgan fingerprint density at radius 1 is 0.636 bits per heavy atom. The standard InChI is InChI=1S/C48H82O18/c1-21(2)15-22(3)17-48(8,66-43-40(60)37(57)34(54)28(19-50)62-43)24-11-13-47(7)23-9-10-30-45(4,5)31(12-14-46(30,6)25(23)16-26(52)32(24)47)64-44-41(38(58)35(55)29(20-51)63-44)65-42-39(59)36(56)33(53)27(18-49)61-42/h15,22-44,49-60H,9-14,16-20H2,1-8H3/t22?,23?,24-,25?,26-,27+,28+,29+,30?,31?,32?,33+,34+,35+,36-,37-,38-,39+,40+,41+,42-,43-,44-,46+,47+,48-/m0/s1. The van der Waals surface area contributed by atoms with Crippen molar-refractivity contribution in [2.24, 2.45) is 51.8 Å². The summed E-state index contributed by atoms with van der Waals surface area (Å²) >= 11 is 0. The van der Waals surface area contributed by atoms with E-state index in [4.69, 9.17) is 28.4 Å². The van der Waals surface area contributed by atoms with Crippen molar-refractivity contribution in [3.05, 3.63) is 11.6 Å². The van der Waals surface area contributed by atoms with E-state index in [0.29, 0.717) is 19.3 Å². The Bertz CT molecular complexity index is 1660. The van der Waals surface area contributed by atoms with E-state index in [1.165, 1.54) is 0 Å². The van der Waals surface area contributed by atoms with Gasteiger partial charge in [-0.2, -0.15) is 0 Å². The minimum Gasteiger partial charge on any atom is -0.394 e. The van der Waals surface area contributed by atoms with Crippen LogP contribution in [0.15, 0.2) is 11.6 Å². The molecular weight excluding hydrogens is 865 g/mol. The van der Waals surface area contributed by atoms with Crippen LogP contribution in [0.3, 0.4) is 0 Å². The second kappa shape index (κ2) is 19.9. The summed E-state index contributed by atoms with van der Waals surface area (Å²) < 4.78 is 37.2. The maximum atomic E-state index is 12.6. The molecule has 7 fully saturated rings. The van der Waals surface area contributed by atoms with E-state index in [1.807, 2.05) is 20.8 Å². The normalized spacial score (nSPS) is 51.8. The summed E-state index contributed by atoms with van der Waals surface area (Å²) in [5, 5.41) is 129. The Balaban J connectivity index is 1.12. The largest absolute Gasteiger partial charge is 0.394 e. The van der Waals surface area contributed by atoms with Crippen LogP contribution in [0, 0.1) is 51.8 Å². The fourth-order valence-electron chi connectivity index (χ4n) is 15.0. The van der Waals surface area contributed by atoms with Crippen molar-refractivity contribution >= 4 is 0 Å². The second-order valence-electron chi connectivity index (χ2n) is 22.9. The Morgan fingerprint density at radius 3 is 1.74 bits per heavy atom. The van der Waals surface area contributed by atoms with Crippen LogP contribution >= 0.6 is 0 Å². The molecule has 0 aromatic rings. The van der Waals surface area contributed by atoms with E-state index < -0.39 is 135 Å². The van der Waals surface area contributed by atoms with Gasteiger partial charge in [-0.15, -0.1) is 0 Å². The zero-order valence-corrected chi connectivity index (χ0v) is 40.0. The number of aliphatic hydroxyl groups is 12. The molecule has 3 aliphatic heterocycles. The Kier molecular flexibility index (Phi) is 15.9. The average molecular weight is 947 g/mol. The van der Waals surface area contributed by atoms with Crippen LogP contribution in [0.5, 0.6) is 0 Å². The van der Waals surface area contributed by atoms with Gasteiger partial charge in [0, 0.05) is 0 Å². The highest BCUT2D eigenvalue weighted by molar-refractivity contribution is 5.17. The quantitative estimate of drug-likeness (QED) is 0.0843. The first-order valence-electron chi connectivity index (χ1n) is 24.4. The number of aliphatic hydroxyl groups excluding tert-OH is 12. The maximum absolute atomic E-state index is 12.6. The van der Waals surface area contributed by atoms with Crippen LogP contribution in [-0.2, 0) is 28.4 Å². The number of hydrogen-bond acceptors (Lipinski definition) is 18. The smallest absolute Gasteiger partial charge is 0.187 e. The average Bonchev–Trinajstić information content (AvgIpc) is 3.64. The van der Waals surface area contributed by atoms with Gasteiger partial charge in [-0.25, -0.2) is 0 Å². The Labute approximate surface area is 388 Å². The first-order valence-corrected chi connectivity index (χ1v) is 24.4. The summed E-state index contributed by atoms with van der Waals surface area (Å²) in [5.74, 6) is 0.253. The minimum atomic E-state index is -1.79. The lowest BCUT2D eigenvalue weighted by Crippen LogP contribution is -2.66. The summed E-state index contributed by atoms with van der Waals surface area (Å²) in [6, 6.07) is 0. The molecule has 26 atom stereocenters. The van der Waals surface area contributed by atoms with Crippen LogP contribution in [0.2, 0.25) is 0 Å². The molecule has 7 aliphatic rings. The first kappa shape index (κ1) is 52.8. The number of allylic oxidation sites excluding steroid dienone is 2. The van der Waals surface area contributed by atoms with Gasteiger partial charge < -0.3 is 89.7 Å². The third-order valence-corrected chi connectivity index (χ3v) is 18.1.